The predicted molar refractivity (Wildman–Crippen MR) is 85.5 cm³/mol. The summed E-state index contributed by atoms with van der Waals surface area (Å²) in [7, 11) is -4.03. The maximum atomic E-state index is 12.0. The molecule has 1 fully saturated rings. The molecule has 7 nitrogen and oxygen atoms in total. The van der Waals surface area contributed by atoms with Gasteiger partial charge in [0.1, 0.15) is 11.8 Å². The van der Waals surface area contributed by atoms with Crippen LogP contribution in [-0.4, -0.2) is 18.1 Å². The van der Waals surface area contributed by atoms with E-state index in [1.807, 2.05) is 0 Å². The minimum atomic E-state index is -4.03. The third kappa shape index (κ3) is 6.31. The lowest BCUT2D eigenvalue weighted by Crippen LogP contribution is -2.38. The number of carbonyl (C=O) groups excluding carboxylic acids is 1. The van der Waals surface area contributed by atoms with Crippen LogP contribution >= 0.6 is 7.75 Å². The molecule has 1 saturated carbocycles. The number of nitrogens with two attached hydrogens (primary N) is 1. The normalized spacial score (nSPS) is 19.6. The van der Waals surface area contributed by atoms with E-state index in [9.17, 15) is 9.36 Å². The second-order valence-corrected chi connectivity index (χ2v) is 7.02. The zero-order valence-corrected chi connectivity index (χ0v) is 14.0. The average Bonchev–Trinajstić information content (AvgIpc) is 2.53. The van der Waals surface area contributed by atoms with Crippen LogP contribution in [0.1, 0.15) is 39.0 Å². The van der Waals surface area contributed by atoms with Gasteiger partial charge in [0.2, 0.25) is 0 Å². The first kappa shape index (κ1) is 17.9. The van der Waals surface area contributed by atoms with Gasteiger partial charge >= 0.3 is 13.7 Å². The van der Waals surface area contributed by atoms with Crippen molar-refractivity contribution in [1.29, 1.82) is 0 Å². The smallest absolute Gasteiger partial charge is 0.405 e. The lowest BCUT2D eigenvalue weighted by molar-refractivity contribution is -0.143. The number of para-hydroxylation sites is 1. The van der Waals surface area contributed by atoms with Crippen LogP contribution in [0.5, 0.6) is 5.75 Å². The van der Waals surface area contributed by atoms with E-state index in [4.69, 9.17) is 19.4 Å². The Morgan fingerprint density at radius 1 is 1.26 bits per heavy atom. The Bertz CT molecular complexity index is 548. The number of hydrogen-bond acceptors (Lipinski definition) is 6. The molecule has 1 aliphatic rings. The van der Waals surface area contributed by atoms with Gasteiger partial charge in [-0.15, -0.1) is 0 Å². The highest BCUT2D eigenvalue weighted by molar-refractivity contribution is 7.52. The first-order valence-electron chi connectivity index (χ1n) is 7.74. The van der Waals surface area contributed by atoms with Crippen LogP contribution in [0.4, 0.5) is 0 Å². The fourth-order valence-electron chi connectivity index (χ4n) is 2.28. The molecule has 8 heteroatoms. The van der Waals surface area contributed by atoms with E-state index in [0.29, 0.717) is 0 Å². The van der Waals surface area contributed by atoms with Gasteiger partial charge in [-0.2, -0.15) is 5.48 Å². The summed E-state index contributed by atoms with van der Waals surface area (Å²) >= 11 is 0. The van der Waals surface area contributed by atoms with Crippen LogP contribution in [-0.2, 0) is 18.7 Å². The third-order valence-electron chi connectivity index (χ3n) is 3.51. The largest absolute Gasteiger partial charge is 0.512 e. The summed E-state index contributed by atoms with van der Waals surface area (Å²) in [6.07, 6.45) is 5.46. The van der Waals surface area contributed by atoms with Crippen molar-refractivity contribution in [2.75, 3.05) is 0 Å². The molecule has 0 heterocycles. The number of benzene rings is 1. The van der Waals surface area contributed by atoms with Crippen molar-refractivity contribution in [1.82, 2.24) is 5.48 Å². The topological polar surface area (TPSA) is 99.9 Å². The molecule has 1 aliphatic carbocycles. The van der Waals surface area contributed by atoms with Gasteiger partial charge in [-0.1, -0.05) is 37.5 Å². The molecule has 2 atom stereocenters. The highest BCUT2D eigenvalue weighted by Gasteiger charge is 2.29. The van der Waals surface area contributed by atoms with Gasteiger partial charge in [-0.25, -0.2) is 14.9 Å². The van der Waals surface area contributed by atoms with Crippen molar-refractivity contribution in [3.05, 3.63) is 30.3 Å². The van der Waals surface area contributed by atoms with E-state index in [1.54, 1.807) is 37.3 Å². The number of hydrogen-bond donors (Lipinski definition) is 2. The zero-order chi connectivity index (χ0) is 16.7. The summed E-state index contributed by atoms with van der Waals surface area (Å²) in [5, 5.41) is 0. The average molecular weight is 342 g/mol. The third-order valence-corrected chi connectivity index (χ3v) is 4.41. The molecule has 0 bridgehead atoms. The molecule has 0 radical (unpaired) electrons. The molecule has 0 saturated heterocycles. The van der Waals surface area contributed by atoms with E-state index in [1.165, 1.54) is 6.42 Å². The molecular formula is C15H23N2O5P. The quantitative estimate of drug-likeness (QED) is 0.580. The van der Waals surface area contributed by atoms with Gasteiger partial charge in [0.05, 0.1) is 6.10 Å². The minimum absolute atomic E-state index is 0.0873. The molecule has 23 heavy (non-hydrogen) atoms. The van der Waals surface area contributed by atoms with Crippen molar-refractivity contribution in [3.63, 3.8) is 0 Å². The molecule has 0 aromatic heterocycles. The summed E-state index contributed by atoms with van der Waals surface area (Å²) in [5.41, 5.74) is 8.08. The van der Waals surface area contributed by atoms with Crippen molar-refractivity contribution in [2.24, 2.45) is 5.50 Å². The first-order chi connectivity index (χ1) is 11.0. The van der Waals surface area contributed by atoms with Crippen molar-refractivity contribution in [2.45, 2.75) is 51.2 Å². The lowest BCUT2D eigenvalue weighted by atomic mass is 9.98. The van der Waals surface area contributed by atoms with Crippen LogP contribution in [0.2, 0.25) is 0 Å². The molecule has 2 rings (SSSR count). The maximum Gasteiger partial charge on any atom is 0.512 e. The first-order valence-corrected chi connectivity index (χ1v) is 9.35. The van der Waals surface area contributed by atoms with Crippen molar-refractivity contribution in [3.8, 4) is 5.75 Å². The van der Waals surface area contributed by atoms with Gasteiger partial charge in [-0.05, 0) is 31.9 Å². The van der Waals surface area contributed by atoms with Crippen molar-refractivity contribution >= 4 is 13.7 Å². The lowest BCUT2D eigenvalue weighted by Gasteiger charge is -2.24. The van der Waals surface area contributed by atoms with Crippen LogP contribution < -0.4 is 15.5 Å². The fraction of sp³-hybridized carbons (Fsp3) is 0.533. The van der Waals surface area contributed by atoms with Gasteiger partial charge < -0.3 is 9.05 Å². The summed E-state index contributed by atoms with van der Waals surface area (Å²) < 4.78 is 21.9. The maximum absolute atomic E-state index is 12.0. The summed E-state index contributed by atoms with van der Waals surface area (Å²) in [5.74, 6) is -0.521. The standard InChI is InChI=1S/C15H23N2O5P/c1-12(17-20-13-8-4-2-5-9-13)15(18)22-23(16,19)21-14-10-6-3-7-11-14/h3,6-7,10-13,17H,2,4-5,8-9H2,1H3,(H2,16,19)/t12-,23?/m0/s1. The minimum Gasteiger partial charge on any atom is -0.405 e. The van der Waals surface area contributed by atoms with E-state index in [-0.39, 0.29) is 11.9 Å². The highest BCUT2D eigenvalue weighted by atomic mass is 31.2. The molecule has 3 N–H and O–H groups in total. The number of nitrogens with one attached hydrogen (secondary N) is 1. The van der Waals surface area contributed by atoms with E-state index in [2.05, 4.69) is 5.48 Å². The van der Waals surface area contributed by atoms with Crippen molar-refractivity contribution < 1.29 is 23.2 Å². The Kier molecular flexibility index (Phi) is 6.59. The van der Waals surface area contributed by atoms with Crippen LogP contribution in [0, 0.1) is 0 Å². The molecule has 1 aromatic carbocycles. The Morgan fingerprint density at radius 3 is 2.57 bits per heavy atom. The molecule has 128 valence electrons. The zero-order valence-electron chi connectivity index (χ0n) is 13.1. The number of rotatable bonds is 7. The molecule has 1 aromatic rings. The number of hydroxylamine groups is 1. The summed E-state index contributed by atoms with van der Waals surface area (Å²) in [4.78, 5) is 17.4. The fourth-order valence-corrected chi connectivity index (χ4v) is 3.14. The summed E-state index contributed by atoms with van der Waals surface area (Å²) in [6, 6.07) is 7.50. The van der Waals surface area contributed by atoms with Gasteiger partial charge in [0, 0.05) is 0 Å². The van der Waals surface area contributed by atoms with Gasteiger partial charge in [-0.3, -0.25) is 4.84 Å². The monoisotopic (exact) mass is 342 g/mol. The molecule has 1 unspecified atom stereocenters. The van der Waals surface area contributed by atoms with Gasteiger partial charge in [0.25, 0.3) is 0 Å². The molecule has 0 aliphatic heterocycles. The molecule has 0 spiro atoms. The Hall–Kier alpha value is -1.40. The summed E-state index contributed by atoms with van der Waals surface area (Å²) in [6.45, 7) is 1.55. The van der Waals surface area contributed by atoms with E-state index < -0.39 is 19.8 Å². The SMILES string of the molecule is C[C@H](NOC1CCCCC1)C(=O)OP(N)(=O)Oc1ccccc1. The molecule has 0 amide bonds. The molecular weight excluding hydrogens is 319 g/mol. The van der Waals surface area contributed by atoms with Crippen LogP contribution in [0.15, 0.2) is 30.3 Å². The predicted octanol–water partition coefficient (Wildman–Crippen LogP) is 2.92. The highest BCUT2D eigenvalue weighted by Crippen LogP contribution is 2.40. The van der Waals surface area contributed by atoms with Gasteiger partial charge in [0.15, 0.2) is 0 Å². The number of carbonyl (C=O) groups is 1. The van der Waals surface area contributed by atoms with E-state index in [0.717, 1.165) is 25.7 Å². The second-order valence-electron chi connectivity index (χ2n) is 5.57. The van der Waals surface area contributed by atoms with Crippen LogP contribution in [0.3, 0.4) is 0 Å². The Labute approximate surface area is 136 Å². The Balaban J connectivity index is 1.78. The van der Waals surface area contributed by atoms with Crippen LogP contribution in [0.25, 0.3) is 0 Å². The Morgan fingerprint density at radius 2 is 1.91 bits per heavy atom. The van der Waals surface area contributed by atoms with E-state index >= 15 is 0 Å². The second kappa shape index (κ2) is 8.45.